The molecule has 0 aliphatic rings. The first kappa shape index (κ1) is 14.0. The molecule has 1 heterocycles. The molecule has 1 aromatic carbocycles. The molecule has 0 radical (unpaired) electrons. The number of benzene rings is 1. The maximum Gasteiger partial charge on any atom is 0.443 e. The summed E-state index contributed by atoms with van der Waals surface area (Å²) in [6.45, 7) is 1.66. The molecule has 0 fully saturated rings. The summed E-state index contributed by atoms with van der Waals surface area (Å²) < 4.78 is 50.3. The Bertz CT molecular complexity index is 592. The molecule has 2 N–H and O–H groups in total. The third-order valence-electron chi connectivity index (χ3n) is 2.64. The first-order chi connectivity index (χ1) is 8.79. The van der Waals surface area contributed by atoms with Gasteiger partial charge >= 0.3 is 6.18 Å². The van der Waals surface area contributed by atoms with Gasteiger partial charge in [0.15, 0.2) is 5.01 Å². The van der Waals surface area contributed by atoms with E-state index in [0.29, 0.717) is 27.3 Å². The summed E-state index contributed by atoms with van der Waals surface area (Å²) >= 11 is 0.501. The highest BCUT2D eigenvalue weighted by Crippen LogP contribution is 2.35. The van der Waals surface area contributed by atoms with Crippen molar-refractivity contribution in [1.29, 1.82) is 0 Å². The minimum atomic E-state index is -4.47. The van der Waals surface area contributed by atoms with Crippen LogP contribution in [0.1, 0.15) is 27.1 Å². The molecule has 7 heteroatoms. The Hall–Kier alpha value is -1.47. The highest BCUT2D eigenvalue weighted by molar-refractivity contribution is 7.11. The normalized spacial score (nSPS) is 13.6. The van der Waals surface area contributed by atoms with E-state index in [9.17, 15) is 17.6 Å². The summed E-state index contributed by atoms with van der Waals surface area (Å²) in [6.07, 6.45) is -3.36. The van der Waals surface area contributed by atoms with Gasteiger partial charge in [0.25, 0.3) is 0 Å². The van der Waals surface area contributed by atoms with Crippen molar-refractivity contribution in [3.8, 4) is 0 Å². The zero-order chi connectivity index (χ0) is 14.2. The minimum Gasteiger partial charge on any atom is -0.320 e. The van der Waals surface area contributed by atoms with Crippen molar-refractivity contribution < 1.29 is 17.6 Å². The number of thiazole rings is 1. The van der Waals surface area contributed by atoms with Crippen LogP contribution in [0.2, 0.25) is 0 Å². The number of hydrogen-bond donors (Lipinski definition) is 1. The molecule has 2 rings (SSSR count). The number of alkyl halides is 3. The molecule has 2 aromatic rings. The first-order valence-corrected chi connectivity index (χ1v) is 6.15. The summed E-state index contributed by atoms with van der Waals surface area (Å²) in [5.41, 5.74) is 7.08. The van der Waals surface area contributed by atoms with Crippen molar-refractivity contribution in [2.75, 3.05) is 0 Å². The van der Waals surface area contributed by atoms with E-state index in [4.69, 9.17) is 5.73 Å². The predicted molar refractivity (Wildman–Crippen MR) is 64.3 cm³/mol. The molecule has 0 spiro atoms. The van der Waals surface area contributed by atoms with Gasteiger partial charge in [0.1, 0.15) is 5.82 Å². The van der Waals surface area contributed by atoms with Crippen LogP contribution < -0.4 is 5.73 Å². The lowest BCUT2D eigenvalue weighted by molar-refractivity contribution is -0.137. The van der Waals surface area contributed by atoms with E-state index < -0.39 is 23.0 Å². The van der Waals surface area contributed by atoms with E-state index >= 15 is 0 Å². The lowest BCUT2D eigenvalue weighted by Crippen LogP contribution is -2.12. The SMILES string of the molecule is Cc1cc(F)ccc1C(N)c1cnc(C(F)(F)F)s1. The average molecular weight is 290 g/mol. The fourth-order valence-corrected chi connectivity index (χ4v) is 2.51. The monoisotopic (exact) mass is 290 g/mol. The van der Waals surface area contributed by atoms with Crippen LogP contribution in [0.15, 0.2) is 24.4 Å². The summed E-state index contributed by atoms with van der Waals surface area (Å²) in [7, 11) is 0. The summed E-state index contributed by atoms with van der Waals surface area (Å²) in [6, 6.07) is 3.26. The van der Waals surface area contributed by atoms with Gasteiger partial charge in [-0.15, -0.1) is 11.3 Å². The standard InChI is InChI=1S/C12H10F4N2S/c1-6-4-7(13)2-3-8(6)10(17)9-5-18-11(19-9)12(14,15)16/h2-5,10H,17H2,1H3. The topological polar surface area (TPSA) is 38.9 Å². The molecule has 0 aliphatic heterocycles. The Balaban J connectivity index is 2.34. The predicted octanol–water partition coefficient (Wildman–Crippen LogP) is 3.66. The Kier molecular flexibility index (Phi) is 3.60. The quantitative estimate of drug-likeness (QED) is 0.857. The van der Waals surface area contributed by atoms with Gasteiger partial charge in [0.2, 0.25) is 0 Å². The number of rotatable bonds is 2. The van der Waals surface area contributed by atoms with Gasteiger partial charge in [-0.3, -0.25) is 0 Å². The van der Waals surface area contributed by atoms with Crippen molar-refractivity contribution in [3.05, 3.63) is 51.2 Å². The lowest BCUT2D eigenvalue weighted by Gasteiger charge is -2.12. The second-order valence-electron chi connectivity index (χ2n) is 4.04. The highest BCUT2D eigenvalue weighted by Gasteiger charge is 2.35. The molecule has 19 heavy (non-hydrogen) atoms. The van der Waals surface area contributed by atoms with Crippen molar-refractivity contribution in [2.24, 2.45) is 5.73 Å². The molecular formula is C12H10F4N2S. The summed E-state index contributed by atoms with van der Waals surface area (Å²) in [4.78, 5) is 3.61. The maximum absolute atomic E-state index is 13.0. The fourth-order valence-electron chi connectivity index (χ4n) is 1.70. The minimum absolute atomic E-state index is 0.294. The molecule has 0 aliphatic carbocycles. The van der Waals surface area contributed by atoms with Gasteiger partial charge in [0, 0.05) is 11.1 Å². The van der Waals surface area contributed by atoms with Crippen molar-refractivity contribution in [3.63, 3.8) is 0 Å². The fraction of sp³-hybridized carbons (Fsp3) is 0.250. The van der Waals surface area contributed by atoms with Gasteiger partial charge < -0.3 is 5.73 Å². The smallest absolute Gasteiger partial charge is 0.320 e. The van der Waals surface area contributed by atoms with Crippen LogP contribution in [-0.2, 0) is 6.18 Å². The Morgan fingerprint density at radius 3 is 2.53 bits per heavy atom. The number of nitrogens with zero attached hydrogens (tertiary/aromatic N) is 1. The zero-order valence-corrected chi connectivity index (χ0v) is 10.6. The molecule has 1 atom stereocenters. The van der Waals surface area contributed by atoms with Crippen molar-refractivity contribution in [2.45, 2.75) is 19.1 Å². The number of halogens is 4. The Labute approximate surface area is 110 Å². The molecule has 1 unspecified atom stereocenters. The molecule has 102 valence electrons. The van der Waals surface area contributed by atoms with E-state index in [0.717, 1.165) is 6.20 Å². The van der Waals surface area contributed by atoms with Crippen LogP contribution in [0.25, 0.3) is 0 Å². The number of nitrogens with two attached hydrogens (primary N) is 1. The second-order valence-corrected chi connectivity index (χ2v) is 5.11. The van der Waals surface area contributed by atoms with E-state index in [-0.39, 0.29) is 0 Å². The van der Waals surface area contributed by atoms with Gasteiger partial charge in [-0.1, -0.05) is 6.07 Å². The molecule has 1 aromatic heterocycles. The molecule has 0 bridgehead atoms. The number of hydrogen-bond acceptors (Lipinski definition) is 3. The van der Waals surface area contributed by atoms with Crippen LogP contribution in [0, 0.1) is 12.7 Å². The van der Waals surface area contributed by atoms with Gasteiger partial charge in [-0.25, -0.2) is 9.37 Å². The van der Waals surface area contributed by atoms with Crippen LogP contribution in [0.3, 0.4) is 0 Å². The van der Waals surface area contributed by atoms with Crippen LogP contribution in [0.4, 0.5) is 17.6 Å². The zero-order valence-electron chi connectivity index (χ0n) is 9.83. The van der Waals surface area contributed by atoms with Gasteiger partial charge in [0.05, 0.1) is 6.04 Å². The Morgan fingerprint density at radius 1 is 1.32 bits per heavy atom. The molecule has 0 saturated heterocycles. The van der Waals surface area contributed by atoms with Crippen LogP contribution >= 0.6 is 11.3 Å². The van der Waals surface area contributed by atoms with Crippen molar-refractivity contribution in [1.82, 2.24) is 4.98 Å². The number of aryl methyl sites for hydroxylation is 1. The third kappa shape index (κ3) is 2.93. The van der Waals surface area contributed by atoms with Crippen molar-refractivity contribution >= 4 is 11.3 Å². The van der Waals surface area contributed by atoms with Gasteiger partial charge in [-0.05, 0) is 30.2 Å². The lowest BCUT2D eigenvalue weighted by atomic mass is 10.0. The second kappa shape index (κ2) is 4.90. The number of aromatic nitrogens is 1. The van der Waals surface area contributed by atoms with Crippen LogP contribution in [0.5, 0.6) is 0 Å². The molecule has 2 nitrogen and oxygen atoms in total. The first-order valence-electron chi connectivity index (χ1n) is 5.33. The van der Waals surface area contributed by atoms with Crippen LogP contribution in [-0.4, -0.2) is 4.98 Å². The van der Waals surface area contributed by atoms with E-state index in [1.54, 1.807) is 6.92 Å². The maximum atomic E-state index is 13.0. The van der Waals surface area contributed by atoms with Gasteiger partial charge in [-0.2, -0.15) is 13.2 Å². The average Bonchev–Trinajstić information content (AvgIpc) is 2.76. The largest absolute Gasteiger partial charge is 0.443 e. The van der Waals surface area contributed by atoms with E-state index in [1.807, 2.05) is 0 Å². The van der Waals surface area contributed by atoms with E-state index in [2.05, 4.69) is 4.98 Å². The Morgan fingerprint density at radius 2 is 2.00 bits per heavy atom. The third-order valence-corrected chi connectivity index (χ3v) is 3.76. The highest BCUT2D eigenvalue weighted by atomic mass is 32.1. The summed E-state index contributed by atoms with van der Waals surface area (Å²) in [5.74, 6) is -0.409. The molecule has 0 saturated carbocycles. The van der Waals surface area contributed by atoms with E-state index in [1.165, 1.54) is 18.2 Å². The molecule has 0 amide bonds. The summed E-state index contributed by atoms with van der Waals surface area (Å²) in [5, 5.41) is -0.933. The molecular weight excluding hydrogens is 280 g/mol.